The van der Waals surface area contributed by atoms with Gasteiger partial charge in [-0.2, -0.15) is 8.42 Å². The molecule has 0 spiro atoms. The van der Waals surface area contributed by atoms with Gasteiger partial charge >= 0.3 is 0 Å². The lowest BCUT2D eigenvalue weighted by molar-refractivity contribution is 0.388. The fraction of sp³-hybridized carbons (Fsp3) is 0.316. The van der Waals surface area contributed by atoms with E-state index in [-0.39, 0.29) is 16.4 Å². The number of ether oxygens (including phenoxy) is 1. The van der Waals surface area contributed by atoms with E-state index in [1.807, 2.05) is 47.2 Å². The molecule has 1 N–H and O–H groups in total. The van der Waals surface area contributed by atoms with Gasteiger partial charge in [0.2, 0.25) is 5.62 Å². The first-order valence-electron chi connectivity index (χ1n) is 8.79. The Morgan fingerprint density at radius 2 is 1.70 bits per heavy atom. The molecule has 0 unspecified atom stereocenters. The van der Waals surface area contributed by atoms with Crippen molar-refractivity contribution in [3.05, 3.63) is 48.1 Å². The zero-order valence-electron chi connectivity index (χ0n) is 15.6. The minimum Gasteiger partial charge on any atom is -0.506 e. The summed E-state index contributed by atoms with van der Waals surface area (Å²) in [6.07, 6.45) is 0.824. The first-order valence-corrected chi connectivity index (χ1v) is 10.2. The molecule has 0 atom stereocenters. The van der Waals surface area contributed by atoms with E-state index in [2.05, 4.69) is 4.40 Å². The molecule has 7 nitrogen and oxygen atoms in total. The highest BCUT2D eigenvalue weighted by Gasteiger charge is 2.24. The van der Waals surface area contributed by atoms with E-state index in [0.29, 0.717) is 18.7 Å². The van der Waals surface area contributed by atoms with Crippen LogP contribution >= 0.6 is 0 Å². The number of methoxy groups -OCH3 is 1. The normalized spacial score (nSPS) is 12.6. The first kappa shape index (κ1) is 19.0. The summed E-state index contributed by atoms with van der Waals surface area (Å²) in [7, 11) is -2.84. The van der Waals surface area contributed by atoms with Crippen molar-refractivity contribution in [2.75, 3.05) is 7.11 Å². The molecule has 0 aliphatic rings. The van der Waals surface area contributed by atoms with Crippen LogP contribution in [-0.2, 0) is 23.1 Å². The molecule has 2 aromatic carbocycles. The van der Waals surface area contributed by atoms with Crippen molar-refractivity contribution in [1.29, 1.82) is 0 Å². The molecule has 0 radical (unpaired) electrons. The monoisotopic (exact) mass is 389 g/mol. The molecule has 3 aromatic rings. The van der Waals surface area contributed by atoms with E-state index in [1.54, 1.807) is 0 Å². The van der Waals surface area contributed by atoms with Gasteiger partial charge in [-0.3, -0.25) is 0 Å². The number of nitrogens with zero attached hydrogens (tertiary/aromatic N) is 3. The zero-order valence-corrected chi connectivity index (χ0v) is 16.4. The second kappa shape index (κ2) is 7.48. The van der Waals surface area contributed by atoms with Crippen molar-refractivity contribution in [3.63, 3.8) is 0 Å². The summed E-state index contributed by atoms with van der Waals surface area (Å²) in [5.41, 5.74) is 2.15. The summed E-state index contributed by atoms with van der Waals surface area (Å²) < 4.78 is 39.1. The topological polar surface area (TPSA) is 85.8 Å². The quantitative estimate of drug-likeness (QED) is 0.702. The number of aryl methyl sites for hydroxylation is 2. The SMILES string of the molecule is CCCn1/c(=N/S(=O)(=O)c2c(O)cccc2OC)n(CC)c2ccccc21. The fourth-order valence-electron chi connectivity index (χ4n) is 3.21. The van der Waals surface area contributed by atoms with Gasteiger partial charge < -0.3 is 19.0 Å². The molecular formula is C19H23N3O4S. The molecule has 1 heterocycles. The lowest BCUT2D eigenvalue weighted by Crippen LogP contribution is -2.27. The van der Waals surface area contributed by atoms with Crippen LogP contribution < -0.4 is 10.4 Å². The number of rotatable bonds is 6. The number of aromatic hydroxyl groups is 1. The number of phenolic OH excluding ortho intramolecular Hbond substituents is 1. The van der Waals surface area contributed by atoms with Crippen molar-refractivity contribution in [1.82, 2.24) is 9.13 Å². The van der Waals surface area contributed by atoms with Gasteiger partial charge in [-0.05, 0) is 37.6 Å². The van der Waals surface area contributed by atoms with Gasteiger partial charge in [0.15, 0.2) is 4.90 Å². The highest BCUT2D eigenvalue weighted by molar-refractivity contribution is 7.90. The van der Waals surface area contributed by atoms with Gasteiger partial charge in [-0.25, -0.2) is 0 Å². The van der Waals surface area contributed by atoms with Crippen LogP contribution in [0.3, 0.4) is 0 Å². The number of para-hydroxylation sites is 2. The number of hydrogen-bond donors (Lipinski definition) is 1. The van der Waals surface area contributed by atoms with Crippen LogP contribution in [-0.4, -0.2) is 29.8 Å². The van der Waals surface area contributed by atoms with Gasteiger partial charge in [-0.15, -0.1) is 4.40 Å². The van der Waals surface area contributed by atoms with Gasteiger partial charge in [0, 0.05) is 13.1 Å². The van der Waals surface area contributed by atoms with E-state index in [0.717, 1.165) is 17.5 Å². The highest BCUT2D eigenvalue weighted by atomic mass is 32.2. The minimum atomic E-state index is -4.20. The second-order valence-corrected chi connectivity index (χ2v) is 7.60. The van der Waals surface area contributed by atoms with Crippen LogP contribution in [0.4, 0.5) is 0 Å². The summed E-state index contributed by atoms with van der Waals surface area (Å²) in [5, 5.41) is 10.1. The third-order valence-electron chi connectivity index (χ3n) is 4.35. The molecule has 3 rings (SSSR count). The Balaban J connectivity index is 2.38. The Morgan fingerprint density at radius 3 is 2.30 bits per heavy atom. The van der Waals surface area contributed by atoms with Gasteiger partial charge in [-0.1, -0.05) is 25.1 Å². The Bertz CT molecular complexity index is 1140. The van der Waals surface area contributed by atoms with Crippen molar-refractivity contribution < 1.29 is 18.3 Å². The second-order valence-electron chi connectivity index (χ2n) is 6.06. The Hall–Kier alpha value is -2.74. The summed E-state index contributed by atoms with van der Waals surface area (Å²) in [5.74, 6) is -0.334. The van der Waals surface area contributed by atoms with Crippen molar-refractivity contribution in [2.45, 2.75) is 38.3 Å². The van der Waals surface area contributed by atoms with Crippen LogP contribution in [0.15, 0.2) is 51.8 Å². The molecule has 144 valence electrons. The summed E-state index contributed by atoms with van der Waals surface area (Å²) >= 11 is 0. The number of aromatic nitrogens is 2. The number of sulfonamides is 1. The van der Waals surface area contributed by atoms with Gasteiger partial charge in [0.25, 0.3) is 10.0 Å². The smallest absolute Gasteiger partial charge is 0.292 e. The highest BCUT2D eigenvalue weighted by Crippen LogP contribution is 2.33. The average Bonchev–Trinajstić information content (AvgIpc) is 2.93. The molecule has 0 bridgehead atoms. The lowest BCUT2D eigenvalue weighted by Gasteiger charge is -2.09. The minimum absolute atomic E-state index is 0.0555. The molecular weight excluding hydrogens is 366 g/mol. The molecule has 0 aliphatic heterocycles. The average molecular weight is 389 g/mol. The first-order chi connectivity index (χ1) is 12.9. The van der Waals surface area contributed by atoms with Crippen LogP contribution in [0.2, 0.25) is 0 Å². The number of phenols is 1. The maximum Gasteiger partial charge on any atom is 0.292 e. The maximum absolute atomic E-state index is 13.1. The predicted molar refractivity (Wildman–Crippen MR) is 103 cm³/mol. The van der Waals surface area contributed by atoms with E-state index < -0.39 is 10.0 Å². The van der Waals surface area contributed by atoms with Crippen LogP contribution in [0.25, 0.3) is 11.0 Å². The standard InChI is InChI=1S/C19H23N3O4S/c1-4-13-22-15-10-7-6-9-14(15)21(5-2)19(22)20-27(24,25)18-16(23)11-8-12-17(18)26-3/h6-12,23H,4-5,13H2,1-3H3/b20-19+. The van der Waals surface area contributed by atoms with Gasteiger partial charge in [0.1, 0.15) is 11.5 Å². The molecule has 0 saturated heterocycles. The van der Waals surface area contributed by atoms with Crippen molar-refractivity contribution in [3.8, 4) is 11.5 Å². The maximum atomic E-state index is 13.1. The predicted octanol–water partition coefficient (Wildman–Crippen LogP) is 2.88. The summed E-state index contributed by atoms with van der Waals surface area (Å²) in [4.78, 5) is -0.330. The summed E-state index contributed by atoms with van der Waals surface area (Å²) in [6.45, 7) is 5.15. The largest absolute Gasteiger partial charge is 0.506 e. The molecule has 0 saturated carbocycles. The van der Waals surface area contributed by atoms with Gasteiger partial charge in [0.05, 0.1) is 18.1 Å². The zero-order chi connectivity index (χ0) is 19.6. The number of imidazole rings is 1. The molecule has 0 fully saturated rings. The number of fused-ring (bicyclic) bond motifs is 1. The molecule has 0 amide bonds. The third kappa shape index (κ3) is 3.32. The van der Waals surface area contributed by atoms with E-state index in [9.17, 15) is 13.5 Å². The van der Waals surface area contributed by atoms with E-state index in [4.69, 9.17) is 4.74 Å². The Kier molecular flexibility index (Phi) is 5.27. The fourth-order valence-corrected chi connectivity index (χ4v) is 4.45. The number of benzene rings is 2. The lowest BCUT2D eigenvalue weighted by atomic mass is 10.3. The van der Waals surface area contributed by atoms with E-state index >= 15 is 0 Å². The Labute approximate surface area is 158 Å². The van der Waals surface area contributed by atoms with E-state index in [1.165, 1.54) is 25.3 Å². The molecule has 27 heavy (non-hydrogen) atoms. The van der Waals surface area contributed by atoms with Crippen LogP contribution in [0.1, 0.15) is 20.3 Å². The van der Waals surface area contributed by atoms with Crippen LogP contribution in [0, 0.1) is 0 Å². The van der Waals surface area contributed by atoms with Crippen molar-refractivity contribution >= 4 is 21.1 Å². The molecule has 8 heteroatoms. The molecule has 0 aliphatic carbocycles. The summed E-state index contributed by atoms with van der Waals surface area (Å²) in [6, 6.07) is 12.0. The van der Waals surface area contributed by atoms with Crippen LogP contribution in [0.5, 0.6) is 11.5 Å². The third-order valence-corrected chi connectivity index (χ3v) is 5.68. The Morgan fingerprint density at radius 1 is 1.04 bits per heavy atom. The van der Waals surface area contributed by atoms with Crippen molar-refractivity contribution in [2.24, 2.45) is 4.40 Å². The number of hydrogen-bond acceptors (Lipinski definition) is 4. The molecule has 1 aromatic heterocycles.